The van der Waals surface area contributed by atoms with E-state index in [9.17, 15) is 13.2 Å². The Balaban J connectivity index is 2.33. The fourth-order valence-electron chi connectivity index (χ4n) is 2.21. The molecule has 0 aromatic heterocycles. The van der Waals surface area contributed by atoms with Crippen LogP contribution in [0.15, 0.2) is 18.2 Å². The SMILES string of the molecule is Cc1ccc(OC(F)(F)F)c(CC2(C)O[B]OC2(C)C)c1. The van der Waals surface area contributed by atoms with Gasteiger partial charge in [0.15, 0.2) is 0 Å². The maximum Gasteiger partial charge on any atom is 0.573 e. The van der Waals surface area contributed by atoms with Gasteiger partial charge in [0.25, 0.3) is 0 Å². The van der Waals surface area contributed by atoms with Crippen molar-refractivity contribution in [3.63, 3.8) is 0 Å². The molecule has 0 amide bonds. The number of halogens is 3. The highest BCUT2D eigenvalue weighted by Gasteiger charge is 2.49. The zero-order valence-electron chi connectivity index (χ0n) is 12.4. The quantitative estimate of drug-likeness (QED) is 0.799. The van der Waals surface area contributed by atoms with Crippen molar-refractivity contribution in [2.45, 2.75) is 51.7 Å². The molecule has 1 aromatic carbocycles. The van der Waals surface area contributed by atoms with E-state index in [-0.39, 0.29) is 12.2 Å². The van der Waals surface area contributed by atoms with Gasteiger partial charge in [0.2, 0.25) is 0 Å². The molecule has 0 bridgehead atoms. The average Bonchev–Trinajstić information content (AvgIpc) is 2.55. The Morgan fingerprint density at radius 3 is 2.38 bits per heavy atom. The van der Waals surface area contributed by atoms with Crippen molar-refractivity contribution in [1.29, 1.82) is 0 Å². The molecular weight excluding hydrogens is 284 g/mol. The molecule has 2 rings (SSSR count). The topological polar surface area (TPSA) is 27.7 Å². The van der Waals surface area contributed by atoms with E-state index in [4.69, 9.17) is 9.31 Å². The zero-order valence-corrected chi connectivity index (χ0v) is 12.4. The summed E-state index contributed by atoms with van der Waals surface area (Å²) in [6, 6.07) is 4.58. The Morgan fingerprint density at radius 2 is 1.86 bits per heavy atom. The minimum Gasteiger partial charge on any atom is -0.406 e. The van der Waals surface area contributed by atoms with Gasteiger partial charge in [-0.2, -0.15) is 0 Å². The molecule has 3 nitrogen and oxygen atoms in total. The van der Waals surface area contributed by atoms with Crippen molar-refractivity contribution in [2.24, 2.45) is 0 Å². The highest BCUT2D eigenvalue weighted by Crippen LogP contribution is 2.39. The van der Waals surface area contributed by atoms with Crippen LogP contribution in [0.2, 0.25) is 0 Å². The van der Waals surface area contributed by atoms with Crippen molar-refractivity contribution < 1.29 is 27.2 Å². The molecule has 1 atom stereocenters. The zero-order chi connectivity index (χ0) is 15.9. The van der Waals surface area contributed by atoms with Crippen LogP contribution in [0, 0.1) is 6.92 Å². The first-order valence-corrected chi connectivity index (χ1v) is 6.55. The molecule has 1 aliphatic rings. The summed E-state index contributed by atoms with van der Waals surface area (Å²) in [6.07, 6.45) is -4.48. The fourth-order valence-corrected chi connectivity index (χ4v) is 2.21. The summed E-state index contributed by atoms with van der Waals surface area (Å²) >= 11 is 0. The predicted molar refractivity (Wildman–Crippen MR) is 72.0 cm³/mol. The summed E-state index contributed by atoms with van der Waals surface area (Å²) in [4.78, 5) is 0. The first-order chi connectivity index (χ1) is 9.52. The molecule has 0 N–H and O–H groups in total. The van der Waals surface area contributed by atoms with E-state index >= 15 is 0 Å². The second-order valence-corrected chi connectivity index (χ2v) is 5.91. The summed E-state index contributed by atoms with van der Waals surface area (Å²) in [6.45, 7) is 7.27. The summed E-state index contributed by atoms with van der Waals surface area (Å²) in [5.74, 6) is -0.208. The van der Waals surface area contributed by atoms with Crippen LogP contribution in [0.1, 0.15) is 31.9 Å². The van der Waals surface area contributed by atoms with Crippen molar-refractivity contribution in [3.05, 3.63) is 29.3 Å². The van der Waals surface area contributed by atoms with E-state index in [0.717, 1.165) is 5.56 Å². The largest absolute Gasteiger partial charge is 0.573 e. The Morgan fingerprint density at radius 1 is 1.19 bits per heavy atom. The number of hydrogen-bond acceptors (Lipinski definition) is 3. The molecule has 1 fully saturated rings. The molecule has 0 saturated carbocycles. The second kappa shape index (κ2) is 5.21. The number of alkyl halides is 3. The molecule has 1 unspecified atom stereocenters. The lowest BCUT2D eigenvalue weighted by Crippen LogP contribution is -2.46. The lowest BCUT2D eigenvalue weighted by molar-refractivity contribution is -0.275. The van der Waals surface area contributed by atoms with Gasteiger partial charge in [0.05, 0.1) is 11.2 Å². The minimum atomic E-state index is -4.72. The molecule has 1 heterocycles. The summed E-state index contributed by atoms with van der Waals surface area (Å²) in [5.41, 5.74) is -0.137. The number of hydrogen-bond donors (Lipinski definition) is 0. The van der Waals surface area contributed by atoms with Gasteiger partial charge in [-0.25, -0.2) is 0 Å². The second-order valence-electron chi connectivity index (χ2n) is 5.91. The van der Waals surface area contributed by atoms with Crippen molar-refractivity contribution in [3.8, 4) is 5.75 Å². The van der Waals surface area contributed by atoms with E-state index in [2.05, 4.69) is 4.74 Å². The maximum absolute atomic E-state index is 12.5. The normalized spacial score (nSPS) is 24.7. The molecule has 1 aliphatic heterocycles. The molecule has 0 spiro atoms. The van der Waals surface area contributed by atoms with Crippen LogP contribution in [0.3, 0.4) is 0 Å². The molecule has 115 valence electrons. The first-order valence-electron chi connectivity index (χ1n) is 6.55. The summed E-state index contributed by atoms with van der Waals surface area (Å²) in [7, 11) is 1.24. The third-order valence-corrected chi connectivity index (χ3v) is 3.89. The van der Waals surface area contributed by atoms with Crippen LogP contribution >= 0.6 is 0 Å². The van der Waals surface area contributed by atoms with E-state index < -0.39 is 17.6 Å². The van der Waals surface area contributed by atoms with Crippen molar-refractivity contribution in [1.82, 2.24) is 0 Å². The molecule has 1 aromatic rings. The standard InChI is InChI=1S/C14H17BF3O3/c1-9-5-6-11(19-14(16,17)18)10(7-9)8-13(4)12(2,3)20-15-21-13/h5-7H,8H2,1-4H3. The number of ether oxygens (including phenoxy) is 1. The lowest BCUT2D eigenvalue weighted by atomic mass is 9.82. The number of aryl methyl sites for hydroxylation is 1. The summed E-state index contributed by atoms with van der Waals surface area (Å²) in [5, 5.41) is 0. The van der Waals surface area contributed by atoms with E-state index in [0.29, 0.717) is 5.56 Å². The third-order valence-electron chi connectivity index (χ3n) is 3.89. The van der Waals surface area contributed by atoms with Crippen LogP contribution < -0.4 is 4.74 Å². The molecule has 21 heavy (non-hydrogen) atoms. The minimum absolute atomic E-state index is 0.208. The molecule has 1 radical (unpaired) electrons. The highest BCUT2D eigenvalue weighted by molar-refractivity contribution is 6.19. The van der Waals surface area contributed by atoms with Crippen LogP contribution in [0.5, 0.6) is 5.75 Å². The molecular formula is C14H17BF3O3. The Labute approximate surface area is 122 Å². The number of rotatable bonds is 3. The molecule has 0 aliphatic carbocycles. The van der Waals surface area contributed by atoms with Gasteiger partial charge in [-0.1, -0.05) is 17.7 Å². The highest BCUT2D eigenvalue weighted by atomic mass is 19.4. The van der Waals surface area contributed by atoms with Gasteiger partial charge >= 0.3 is 14.0 Å². The van der Waals surface area contributed by atoms with Gasteiger partial charge in [-0.05, 0) is 39.3 Å². The van der Waals surface area contributed by atoms with E-state index in [1.807, 2.05) is 20.8 Å². The van der Waals surface area contributed by atoms with Gasteiger partial charge in [0.1, 0.15) is 5.75 Å². The van der Waals surface area contributed by atoms with Gasteiger partial charge < -0.3 is 14.0 Å². The Kier molecular flexibility index (Phi) is 4.01. The van der Waals surface area contributed by atoms with Crippen LogP contribution in [0.4, 0.5) is 13.2 Å². The average molecular weight is 301 g/mol. The van der Waals surface area contributed by atoms with E-state index in [1.165, 1.54) is 13.8 Å². The predicted octanol–water partition coefficient (Wildman–Crippen LogP) is 3.55. The fraction of sp³-hybridized carbons (Fsp3) is 0.571. The van der Waals surface area contributed by atoms with Gasteiger partial charge in [-0.3, -0.25) is 0 Å². The molecule has 7 heteroatoms. The summed E-state index contributed by atoms with van der Waals surface area (Å²) < 4.78 is 52.5. The molecule has 1 saturated heterocycles. The smallest absolute Gasteiger partial charge is 0.406 e. The Hall–Kier alpha value is -1.21. The third kappa shape index (κ3) is 3.52. The monoisotopic (exact) mass is 301 g/mol. The van der Waals surface area contributed by atoms with Crippen molar-refractivity contribution in [2.75, 3.05) is 0 Å². The Bertz CT molecular complexity index is 531. The van der Waals surface area contributed by atoms with Crippen LogP contribution in [0.25, 0.3) is 0 Å². The van der Waals surface area contributed by atoms with Crippen molar-refractivity contribution >= 4 is 7.69 Å². The van der Waals surface area contributed by atoms with Gasteiger partial charge in [-0.15, -0.1) is 13.2 Å². The maximum atomic E-state index is 12.5. The van der Waals surface area contributed by atoms with Gasteiger partial charge in [0, 0.05) is 6.42 Å². The lowest BCUT2D eigenvalue weighted by Gasteiger charge is -2.37. The number of benzene rings is 1. The van der Waals surface area contributed by atoms with Crippen LogP contribution in [-0.2, 0) is 15.7 Å². The van der Waals surface area contributed by atoms with Crippen LogP contribution in [-0.4, -0.2) is 25.2 Å². The first kappa shape index (κ1) is 16.2. The van der Waals surface area contributed by atoms with E-state index in [1.54, 1.807) is 19.1 Å².